The molecular formula is C18H26N2O2. The molecule has 0 spiro atoms. The normalized spacial score (nSPS) is 24.4. The molecule has 1 amide bonds. The third kappa shape index (κ3) is 3.50. The molecule has 0 aliphatic carbocycles. The van der Waals surface area contributed by atoms with Crippen molar-refractivity contribution >= 4 is 5.91 Å². The number of hydrogen-bond acceptors (Lipinski definition) is 3. The maximum absolute atomic E-state index is 12.2. The lowest BCUT2D eigenvalue weighted by Crippen LogP contribution is -2.54. The van der Waals surface area contributed by atoms with Gasteiger partial charge in [-0.3, -0.25) is 4.79 Å². The van der Waals surface area contributed by atoms with Crippen molar-refractivity contribution in [3.8, 4) is 0 Å². The molecule has 2 saturated heterocycles. The third-order valence-corrected chi connectivity index (χ3v) is 4.85. The van der Waals surface area contributed by atoms with Gasteiger partial charge in [0.25, 0.3) is 0 Å². The molecule has 2 aliphatic rings. The largest absolute Gasteiger partial charge is 0.380 e. The van der Waals surface area contributed by atoms with Crippen LogP contribution in [0.25, 0.3) is 0 Å². The van der Waals surface area contributed by atoms with E-state index in [4.69, 9.17) is 4.74 Å². The van der Waals surface area contributed by atoms with Crippen LogP contribution in [-0.4, -0.2) is 55.1 Å². The molecule has 0 aromatic heterocycles. The van der Waals surface area contributed by atoms with Gasteiger partial charge >= 0.3 is 0 Å². The standard InChI is InChI=1S/C18H26N2O2/c1-18(13-22-14-18)12-19(2)16-8-9-17(21)20(11-16)10-15-6-4-3-5-7-15/h3-7,16H,8-14H2,1-2H3/t16-/m0/s1. The Morgan fingerprint density at radius 3 is 2.68 bits per heavy atom. The van der Waals surface area contributed by atoms with Crippen LogP contribution in [0.4, 0.5) is 0 Å². The maximum Gasteiger partial charge on any atom is 0.222 e. The summed E-state index contributed by atoms with van der Waals surface area (Å²) in [5.74, 6) is 0.284. The number of piperidine rings is 1. The summed E-state index contributed by atoms with van der Waals surface area (Å²) in [6.45, 7) is 6.60. The Labute approximate surface area is 133 Å². The monoisotopic (exact) mass is 302 g/mol. The van der Waals surface area contributed by atoms with Crippen LogP contribution in [0.3, 0.4) is 0 Å². The van der Waals surface area contributed by atoms with Crippen LogP contribution in [0.2, 0.25) is 0 Å². The molecule has 4 heteroatoms. The van der Waals surface area contributed by atoms with Crippen molar-refractivity contribution in [1.29, 1.82) is 0 Å². The van der Waals surface area contributed by atoms with E-state index in [2.05, 4.69) is 31.0 Å². The van der Waals surface area contributed by atoms with Gasteiger partial charge < -0.3 is 14.5 Å². The zero-order valence-electron chi connectivity index (χ0n) is 13.6. The Balaban J connectivity index is 1.59. The number of amides is 1. The van der Waals surface area contributed by atoms with E-state index in [0.717, 1.165) is 39.3 Å². The molecule has 0 radical (unpaired) electrons. The topological polar surface area (TPSA) is 32.8 Å². The van der Waals surface area contributed by atoms with Gasteiger partial charge in [0.05, 0.1) is 13.2 Å². The summed E-state index contributed by atoms with van der Waals surface area (Å²) in [5, 5.41) is 0. The summed E-state index contributed by atoms with van der Waals surface area (Å²) in [6.07, 6.45) is 1.63. The molecule has 0 saturated carbocycles. The number of hydrogen-bond donors (Lipinski definition) is 0. The number of likely N-dealkylation sites (tertiary alicyclic amines) is 1. The molecule has 1 atom stereocenters. The second-order valence-corrected chi connectivity index (χ2v) is 7.17. The van der Waals surface area contributed by atoms with Crippen LogP contribution >= 0.6 is 0 Å². The first kappa shape index (κ1) is 15.5. The molecule has 3 rings (SSSR count). The molecule has 120 valence electrons. The lowest BCUT2D eigenvalue weighted by atomic mass is 9.87. The van der Waals surface area contributed by atoms with E-state index in [1.807, 2.05) is 23.1 Å². The molecule has 2 fully saturated rings. The number of rotatable bonds is 5. The van der Waals surface area contributed by atoms with Gasteiger partial charge in [0.2, 0.25) is 5.91 Å². The first-order valence-electron chi connectivity index (χ1n) is 8.15. The van der Waals surface area contributed by atoms with Crippen molar-refractivity contribution in [2.45, 2.75) is 32.4 Å². The molecule has 22 heavy (non-hydrogen) atoms. The molecule has 2 aliphatic heterocycles. The van der Waals surface area contributed by atoms with E-state index >= 15 is 0 Å². The van der Waals surface area contributed by atoms with Crippen molar-refractivity contribution < 1.29 is 9.53 Å². The number of carbonyl (C=O) groups is 1. The second-order valence-electron chi connectivity index (χ2n) is 7.17. The van der Waals surface area contributed by atoms with E-state index < -0.39 is 0 Å². The predicted octanol–water partition coefficient (Wildman–Crippen LogP) is 2.15. The first-order chi connectivity index (χ1) is 10.6. The van der Waals surface area contributed by atoms with Crippen molar-refractivity contribution in [2.75, 3.05) is 33.4 Å². The summed E-state index contributed by atoms with van der Waals surface area (Å²) in [4.78, 5) is 16.6. The number of carbonyl (C=O) groups excluding carboxylic acids is 1. The summed E-state index contributed by atoms with van der Waals surface area (Å²) in [7, 11) is 2.19. The van der Waals surface area contributed by atoms with E-state index in [1.54, 1.807) is 0 Å². The van der Waals surface area contributed by atoms with Crippen molar-refractivity contribution in [1.82, 2.24) is 9.80 Å². The van der Waals surface area contributed by atoms with Crippen LogP contribution in [0, 0.1) is 5.41 Å². The van der Waals surface area contributed by atoms with Crippen LogP contribution in [0.5, 0.6) is 0 Å². The van der Waals surface area contributed by atoms with E-state index in [-0.39, 0.29) is 5.91 Å². The Morgan fingerprint density at radius 1 is 1.32 bits per heavy atom. The van der Waals surface area contributed by atoms with Gasteiger partial charge in [-0.2, -0.15) is 0 Å². The van der Waals surface area contributed by atoms with Gasteiger partial charge in [-0.1, -0.05) is 37.3 Å². The van der Waals surface area contributed by atoms with Gasteiger partial charge in [0.1, 0.15) is 0 Å². The highest BCUT2D eigenvalue weighted by Gasteiger charge is 2.37. The maximum atomic E-state index is 12.2. The molecule has 0 N–H and O–H groups in total. The first-order valence-corrected chi connectivity index (χ1v) is 8.15. The minimum Gasteiger partial charge on any atom is -0.380 e. The highest BCUT2D eigenvalue weighted by molar-refractivity contribution is 5.77. The molecule has 2 heterocycles. The number of ether oxygens (including phenoxy) is 1. The minimum absolute atomic E-state index is 0.284. The van der Waals surface area contributed by atoms with E-state index in [0.29, 0.717) is 17.9 Å². The molecule has 1 aromatic carbocycles. The highest BCUT2D eigenvalue weighted by atomic mass is 16.5. The minimum atomic E-state index is 0.284. The summed E-state index contributed by atoms with van der Waals surface area (Å²) >= 11 is 0. The van der Waals surface area contributed by atoms with Crippen molar-refractivity contribution in [3.63, 3.8) is 0 Å². The van der Waals surface area contributed by atoms with Gasteiger partial charge in [-0.25, -0.2) is 0 Å². The van der Waals surface area contributed by atoms with Crippen molar-refractivity contribution in [3.05, 3.63) is 35.9 Å². The highest BCUT2D eigenvalue weighted by Crippen LogP contribution is 2.29. The fraction of sp³-hybridized carbons (Fsp3) is 0.611. The number of likely N-dealkylation sites (N-methyl/N-ethyl adjacent to an activating group) is 1. The number of benzene rings is 1. The van der Waals surface area contributed by atoms with E-state index in [1.165, 1.54) is 5.56 Å². The predicted molar refractivity (Wildman–Crippen MR) is 86.4 cm³/mol. The van der Waals surface area contributed by atoms with Crippen LogP contribution in [0.1, 0.15) is 25.3 Å². The van der Waals surface area contributed by atoms with E-state index in [9.17, 15) is 4.79 Å². The Bertz CT molecular complexity index is 513. The molecule has 1 aromatic rings. The van der Waals surface area contributed by atoms with Crippen LogP contribution < -0.4 is 0 Å². The average Bonchev–Trinajstić information content (AvgIpc) is 2.49. The second kappa shape index (κ2) is 6.39. The summed E-state index contributed by atoms with van der Waals surface area (Å²) < 4.78 is 5.35. The third-order valence-electron chi connectivity index (χ3n) is 4.85. The lowest BCUT2D eigenvalue weighted by Gasteiger charge is -2.45. The molecule has 0 bridgehead atoms. The molecular weight excluding hydrogens is 276 g/mol. The SMILES string of the molecule is CN(CC1(C)COC1)[C@H]1CCC(=O)N(Cc2ccccc2)C1. The van der Waals surface area contributed by atoms with Crippen molar-refractivity contribution in [2.24, 2.45) is 5.41 Å². The Morgan fingerprint density at radius 2 is 2.05 bits per heavy atom. The van der Waals surface area contributed by atoms with Gasteiger partial charge in [0.15, 0.2) is 0 Å². The fourth-order valence-corrected chi connectivity index (χ4v) is 3.49. The zero-order valence-corrected chi connectivity index (χ0v) is 13.6. The van der Waals surface area contributed by atoms with Gasteiger partial charge in [0, 0.05) is 37.5 Å². The number of nitrogens with zero attached hydrogens (tertiary/aromatic N) is 2. The lowest BCUT2D eigenvalue weighted by molar-refractivity contribution is -0.138. The fourth-order valence-electron chi connectivity index (χ4n) is 3.49. The molecule has 0 unspecified atom stereocenters. The molecule has 4 nitrogen and oxygen atoms in total. The Hall–Kier alpha value is -1.39. The average molecular weight is 302 g/mol. The van der Waals surface area contributed by atoms with Crippen LogP contribution in [-0.2, 0) is 16.1 Å². The summed E-state index contributed by atoms with van der Waals surface area (Å²) in [6, 6.07) is 10.7. The van der Waals surface area contributed by atoms with Crippen LogP contribution in [0.15, 0.2) is 30.3 Å². The summed E-state index contributed by atoms with van der Waals surface area (Å²) in [5.41, 5.74) is 1.50. The quantitative estimate of drug-likeness (QED) is 0.835. The zero-order chi connectivity index (χ0) is 15.6. The van der Waals surface area contributed by atoms with Gasteiger partial charge in [-0.05, 0) is 19.0 Å². The Kier molecular flexibility index (Phi) is 4.50. The van der Waals surface area contributed by atoms with Gasteiger partial charge in [-0.15, -0.1) is 0 Å². The smallest absolute Gasteiger partial charge is 0.222 e.